The third-order valence-electron chi connectivity index (χ3n) is 4.63. The summed E-state index contributed by atoms with van der Waals surface area (Å²) in [4.78, 5) is 37.5. The fourth-order valence-electron chi connectivity index (χ4n) is 3.00. The number of anilines is 1. The number of hydrogen-bond donors (Lipinski definition) is 2. The van der Waals surface area contributed by atoms with E-state index < -0.39 is 24.0 Å². The van der Waals surface area contributed by atoms with Gasteiger partial charge in [-0.05, 0) is 36.8 Å². The van der Waals surface area contributed by atoms with Crippen LogP contribution in [0.2, 0.25) is 0 Å². The number of carbonyl (C=O) groups is 3. The highest BCUT2D eigenvalue weighted by molar-refractivity contribution is 5.96. The maximum absolute atomic E-state index is 12.6. The summed E-state index contributed by atoms with van der Waals surface area (Å²) in [7, 11) is 0. The summed E-state index contributed by atoms with van der Waals surface area (Å²) in [6.45, 7) is 1.51. The van der Waals surface area contributed by atoms with Crippen LogP contribution < -0.4 is 10.6 Å². The number of amides is 2. The van der Waals surface area contributed by atoms with Gasteiger partial charge in [0.15, 0.2) is 6.10 Å². The van der Waals surface area contributed by atoms with E-state index in [9.17, 15) is 14.4 Å². The molecule has 0 spiro atoms. The second kappa shape index (κ2) is 10.7. The SMILES string of the molecule is C[C@H](OC(=O)C[C@H](NC(=O)c1ccccc1)c1ccccc1)C(=O)Nc1ccccc1. The van der Waals surface area contributed by atoms with Gasteiger partial charge in [-0.3, -0.25) is 14.4 Å². The predicted octanol–water partition coefficient (Wildman–Crippen LogP) is 4.12. The Kier molecular flexibility index (Phi) is 7.54. The second-order valence-electron chi connectivity index (χ2n) is 6.99. The van der Waals surface area contributed by atoms with Crippen LogP contribution in [-0.4, -0.2) is 23.9 Å². The van der Waals surface area contributed by atoms with E-state index >= 15 is 0 Å². The number of esters is 1. The molecule has 3 rings (SSSR count). The van der Waals surface area contributed by atoms with Crippen LogP contribution in [0, 0.1) is 0 Å². The summed E-state index contributed by atoms with van der Waals surface area (Å²) in [5, 5.41) is 5.58. The van der Waals surface area contributed by atoms with E-state index in [1.165, 1.54) is 6.92 Å². The standard InChI is InChI=1S/C25H24N2O4/c1-18(24(29)26-21-15-9-4-10-16-21)31-23(28)17-22(19-11-5-2-6-12-19)27-25(30)20-13-7-3-8-14-20/h2-16,18,22H,17H2,1H3,(H,26,29)(H,27,30)/t18-,22-/m0/s1. The first-order valence-corrected chi connectivity index (χ1v) is 9.99. The molecule has 0 radical (unpaired) electrons. The first-order valence-electron chi connectivity index (χ1n) is 9.99. The van der Waals surface area contributed by atoms with Crippen molar-refractivity contribution in [2.24, 2.45) is 0 Å². The zero-order valence-corrected chi connectivity index (χ0v) is 17.2. The molecule has 2 amide bonds. The number of rotatable bonds is 8. The minimum Gasteiger partial charge on any atom is -0.452 e. The molecule has 31 heavy (non-hydrogen) atoms. The number of benzene rings is 3. The second-order valence-corrected chi connectivity index (χ2v) is 6.99. The number of para-hydroxylation sites is 1. The molecule has 2 atom stereocenters. The summed E-state index contributed by atoms with van der Waals surface area (Å²) in [6, 6.07) is 26.3. The van der Waals surface area contributed by atoms with Crippen molar-refractivity contribution in [3.05, 3.63) is 102 Å². The molecule has 0 aliphatic carbocycles. The Hall–Kier alpha value is -3.93. The molecule has 6 nitrogen and oxygen atoms in total. The van der Waals surface area contributed by atoms with Crippen molar-refractivity contribution in [3.63, 3.8) is 0 Å². The fraction of sp³-hybridized carbons (Fsp3) is 0.160. The topological polar surface area (TPSA) is 84.5 Å². The van der Waals surface area contributed by atoms with Crippen LogP contribution in [0.25, 0.3) is 0 Å². The van der Waals surface area contributed by atoms with E-state index in [2.05, 4.69) is 10.6 Å². The van der Waals surface area contributed by atoms with Gasteiger partial charge in [-0.1, -0.05) is 66.7 Å². The van der Waals surface area contributed by atoms with E-state index in [1.807, 2.05) is 42.5 Å². The lowest BCUT2D eigenvalue weighted by Gasteiger charge is -2.20. The largest absolute Gasteiger partial charge is 0.452 e. The molecule has 158 valence electrons. The van der Waals surface area contributed by atoms with Crippen molar-refractivity contribution in [2.45, 2.75) is 25.5 Å². The summed E-state index contributed by atoms with van der Waals surface area (Å²) in [6.07, 6.45) is -1.08. The molecular weight excluding hydrogens is 392 g/mol. The number of carbonyl (C=O) groups excluding carboxylic acids is 3. The molecule has 3 aromatic carbocycles. The Morgan fingerprint density at radius 2 is 1.35 bits per heavy atom. The monoisotopic (exact) mass is 416 g/mol. The molecule has 0 bridgehead atoms. The summed E-state index contributed by atoms with van der Waals surface area (Å²) in [5.41, 5.74) is 1.88. The van der Waals surface area contributed by atoms with Gasteiger partial charge < -0.3 is 15.4 Å². The van der Waals surface area contributed by atoms with E-state index in [0.29, 0.717) is 11.3 Å². The molecule has 0 aromatic heterocycles. The smallest absolute Gasteiger partial charge is 0.309 e. The minimum atomic E-state index is -0.978. The van der Waals surface area contributed by atoms with Crippen LogP contribution in [0.5, 0.6) is 0 Å². The van der Waals surface area contributed by atoms with Crippen LogP contribution >= 0.6 is 0 Å². The first-order chi connectivity index (χ1) is 15.0. The van der Waals surface area contributed by atoms with Crippen LogP contribution in [0.15, 0.2) is 91.0 Å². The van der Waals surface area contributed by atoms with Crippen molar-refractivity contribution < 1.29 is 19.1 Å². The van der Waals surface area contributed by atoms with Gasteiger partial charge in [0.25, 0.3) is 11.8 Å². The maximum atomic E-state index is 12.6. The van der Waals surface area contributed by atoms with Crippen molar-refractivity contribution in [1.29, 1.82) is 0 Å². The minimum absolute atomic E-state index is 0.106. The predicted molar refractivity (Wildman–Crippen MR) is 118 cm³/mol. The lowest BCUT2D eigenvalue weighted by molar-refractivity contribution is -0.153. The van der Waals surface area contributed by atoms with Crippen molar-refractivity contribution in [1.82, 2.24) is 5.32 Å². The normalized spacial score (nSPS) is 12.3. The number of ether oxygens (including phenoxy) is 1. The third kappa shape index (κ3) is 6.54. The summed E-state index contributed by atoms with van der Waals surface area (Å²) in [5.74, 6) is -1.31. The van der Waals surface area contributed by atoms with E-state index in [1.54, 1.807) is 48.5 Å². The van der Waals surface area contributed by atoms with E-state index in [-0.39, 0.29) is 12.3 Å². The average Bonchev–Trinajstić information content (AvgIpc) is 2.80. The third-order valence-corrected chi connectivity index (χ3v) is 4.63. The van der Waals surface area contributed by atoms with Gasteiger partial charge >= 0.3 is 5.97 Å². The molecule has 0 saturated carbocycles. The molecular formula is C25H24N2O4. The van der Waals surface area contributed by atoms with Crippen molar-refractivity contribution in [3.8, 4) is 0 Å². The van der Waals surface area contributed by atoms with E-state index in [4.69, 9.17) is 4.74 Å². The van der Waals surface area contributed by atoms with Gasteiger partial charge in [-0.2, -0.15) is 0 Å². The number of nitrogens with one attached hydrogen (secondary N) is 2. The highest BCUT2D eigenvalue weighted by atomic mass is 16.5. The van der Waals surface area contributed by atoms with Gasteiger partial charge in [-0.25, -0.2) is 0 Å². The van der Waals surface area contributed by atoms with Crippen molar-refractivity contribution in [2.75, 3.05) is 5.32 Å². The molecule has 3 aromatic rings. The van der Waals surface area contributed by atoms with Gasteiger partial charge in [0.1, 0.15) is 0 Å². The molecule has 0 aliphatic rings. The van der Waals surface area contributed by atoms with Crippen LogP contribution in [0.1, 0.15) is 35.3 Å². The maximum Gasteiger partial charge on any atom is 0.309 e. The highest BCUT2D eigenvalue weighted by Crippen LogP contribution is 2.19. The highest BCUT2D eigenvalue weighted by Gasteiger charge is 2.23. The van der Waals surface area contributed by atoms with Crippen LogP contribution in [0.3, 0.4) is 0 Å². The zero-order valence-electron chi connectivity index (χ0n) is 17.2. The lowest BCUT2D eigenvalue weighted by Crippen LogP contribution is -2.33. The zero-order chi connectivity index (χ0) is 22.1. The Bertz CT molecular complexity index is 1010. The van der Waals surface area contributed by atoms with Gasteiger partial charge in [0.05, 0.1) is 12.5 Å². The Balaban J connectivity index is 1.64. The average molecular weight is 416 g/mol. The molecule has 0 aliphatic heterocycles. The Morgan fingerprint density at radius 1 is 0.806 bits per heavy atom. The molecule has 0 saturated heterocycles. The Morgan fingerprint density at radius 3 is 1.97 bits per heavy atom. The summed E-state index contributed by atoms with van der Waals surface area (Å²) >= 11 is 0. The Labute approximate surface area is 181 Å². The molecule has 0 unspecified atom stereocenters. The molecule has 0 heterocycles. The quantitative estimate of drug-likeness (QED) is 0.541. The van der Waals surface area contributed by atoms with E-state index in [0.717, 1.165) is 5.56 Å². The molecule has 2 N–H and O–H groups in total. The van der Waals surface area contributed by atoms with Gasteiger partial charge in [0.2, 0.25) is 0 Å². The van der Waals surface area contributed by atoms with Crippen molar-refractivity contribution >= 4 is 23.5 Å². The number of hydrogen-bond acceptors (Lipinski definition) is 4. The molecule has 0 fully saturated rings. The van der Waals surface area contributed by atoms with Crippen LogP contribution in [0.4, 0.5) is 5.69 Å². The molecule has 6 heteroatoms. The van der Waals surface area contributed by atoms with Crippen LogP contribution in [-0.2, 0) is 14.3 Å². The summed E-state index contributed by atoms with van der Waals surface area (Å²) < 4.78 is 5.32. The van der Waals surface area contributed by atoms with Gasteiger partial charge in [0, 0.05) is 11.3 Å². The first kappa shape index (κ1) is 21.8. The lowest BCUT2D eigenvalue weighted by atomic mass is 10.0. The fourth-order valence-corrected chi connectivity index (χ4v) is 3.00. The van der Waals surface area contributed by atoms with Gasteiger partial charge in [-0.15, -0.1) is 0 Å².